The molecule has 122 valence electrons. The molecule has 0 saturated heterocycles. The van der Waals surface area contributed by atoms with Crippen LogP contribution in [0.15, 0.2) is 30.3 Å². The lowest BCUT2D eigenvalue weighted by atomic mass is 10.1. The monoisotopic (exact) mass is 335 g/mol. The van der Waals surface area contributed by atoms with Crippen LogP contribution in [0.25, 0.3) is 0 Å². The predicted molar refractivity (Wildman–Crippen MR) is 93.1 cm³/mol. The normalized spacial score (nSPS) is 12.5. The second-order valence-electron chi connectivity index (χ2n) is 4.99. The first kappa shape index (κ1) is 22.5. The van der Waals surface area contributed by atoms with Crippen LogP contribution in [0.1, 0.15) is 31.7 Å². The maximum absolute atomic E-state index is 11.9. The maximum atomic E-state index is 11.9. The van der Waals surface area contributed by atoms with Gasteiger partial charge in [-0.15, -0.1) is 24.8 Å². The van der Waals surface area contributed by atoms with Gasteiger partial charge in [-0.05, 0) is 38.3 Å². The van der Waals surface area contributed by atoms with E-state index in [1.807, 2.05) is 25.1 Å². The van der Waals surface area contributed by atoms with E-state index in [4.69, 9.17) is 11.5 Å². The van der Waals surface area contributed by atoms with Crippen LogP contribution in [-0.4, -0.2) is 24.5 Å². The number of nitrogens with one attached hydrogen (secondary N) is 1. The van der Waals surface area contributed by atoms with Crippen LogP contribution in [-0.2, 0) is 11.2 Å². The van der Waals surface area contributed by atoms with Crippen molar-refractivity contribution >= 4 is 30.7 Å². The minimum Gasteiger partial charge on any atom is -0.352 e. The Hall–Kier alpha value is -0.810. The van der Waals surface area contributed by atoms with Crippen molar-refractivity contribution in [2.75, 3.05) is 6.54 Å². The van der Waals surface area contributed by atoms with E-state index in [9.17, 15) is 4.79 Å². The first-order valence-electron chi connectivity index (χ1n) is 6.93. The van der Waals surface area contributed by atoms with Crippen LogP contribution in [0.3, 0.4) is 0 Å². The van der Waals surface area contributed by atoms with E-state index in [-0.39, 0.29) is 36.8 Å². The topological polar surface area (TPSA) is 81.1 Å². The van der Waals surface area contributed by atoms with Gasteiger partial charge in [-0.1, -0.05) is 36.8 Å². The van der Waals surface area contributed by atoms with Crippen molar-refractivity contribution in [1.29, 1.82) is 0 Å². The fraction of sp³-hybridized carbons (Fsp3) is 0.533. The quantitative estimate of drug-likeness (QED) is 0.636. The number of nitrogens with two attached hydrogens (primary N) is 2. The summed E-state index contributed by atoms with van der Waals surface area (Å²) in [5.74, 6) is -0.0690. The molecule has 0 saturated carbocycles. The molecule has 0 spiro atoms. The van der Waals surface area contributed by atoms with Crippen LogP contribution in [0, 0.1) is 0 Å². The van der Waals surface area contributed by atoms with Crippen molar-refractivity contribution in [1.82, 2.24) is 5.32 Å². The zero-order valence-corrected chi connectivity index (χ0v) is 14.1. The molecule has 0 unspecified atom stereocenters. The summed E-state index contributed by atoms with van der Waals surface area (Å²) in [5, 5.41) is 2.96. The number of amides is 1. The summed E-state index contributed by atoms with van der Waals surface area (Å²) in [5.41, 5.74) is 12.5. The molecule has 0 fully saturated rings. The third kappa shape index (κ3) is 9.69. The second kappa shape index (κ2) is 12.9. The Balaban J connectivity index is 0. The average molecular weight is 336 g/mol. The highest BCUT2D eigenvalue weighted by atomic mass is 35.5. The summed E-state index contributed by atoms with van der Waals surface area (Å²) in [6, 6.07) is 9.78. The Morgan fingerprint density at radius 3 is 2.38 bits per heavy atom. The molecule has 0 radical (unpaired) electrons. The zero-order valence-electron chi connectivity index (χ0n) is 12.5. The minimum absolute atomic E-state index is 0. The highest BCUT2D eigenvalue weighted by Crippen LogP contribution is 2.04. The van der Waals surface area contributed by atoms with Crippen molar-refractivity contribution in [3.63, 3.8) is 0 Å². The van der Waals surface area contributed by atoms with Crippen molar-refractivity contribution in [3.8, 4) is 0 Å². The summed E-state index contributed by atoms with van der Waals surface area (Å²) < 4.78 is 0. The van der Waals surface area contributed by atoms with E-state index >= 15 is 0 Å². The standard InChI is InChI=1S/C15H25N3O.2ClH/c1-12(11-13-7-3-2-4-8-13)18-15(19)14(17)9-5-6-10-16;;/h2-4,7-8,12,14H,5-6,9-11,16-17H2,1H3,(H,18,19);2*1H/t12-,14-;;/m1../s1. The fourth-order valence-electron chi connectivity index (χ4n) is 2.01. The third-order valence-corrected chi connectivity index (χ3v) is 3.08. The number of halogens is 2. The number of hydrogen-bond donors (Lipinski definition) is 3. The molecule has 1 rings (SSSR count). The number of unbranched alkanes of at least 4 members (excludes halogenated alkanes) is 1. The molecule has 1 aromatic carbocycles. The lowest BCUT2D eigenvalue weighted by Gasteiger charge is -2.17. The minimum atomic E-state index is -0.426. The molecule has 1 amide bonds. The van der Waals surface area contributed by atoms with Gasteiger partial charge in [0.2, 0.25) is 5.91 Å². The maximum Gasteiger partial charge on any atom is 0.237 e. The highest BCUT2D eigenvalue weighted by molar-refractivity contribution is 5.85. The average Bonchev–Trinajstić information content (AvgIpc) is 2.39. The molecule has 0 aliphatic carbocycles. The van der Waals surface area contributed by atoms with Gasteiger partial charge < -0.3 is 16.8 Å². The van der Waals surface area contributed by atoms with E-state index in [1.165, 1.54) is 5.56 Å². The van der Waals surface area contributed by atoms with Gasteiger partial charge in [0.05, 0.1) is 6.04 Å². The van der Waals surface area contributed by atoms with Gasteiger partial charge in [0.25, 0.3) is 0 Å². The van der Waals surface area contributed by atoms with Gasteiger partial charge in [0, 0.05) is 6.04 Å². The van der Waals surface area contributed by atoms with Crippen LogP contribution in [0.2, 0.25) is 0 Å². The van der Waals surface area contributed by atoms with E-state index in [1.54, 1.807) is 0 Å². The number of rotatable bonds is 8. The number of hydrogen-bond acceptors (Lipinski definition) is 3. The summed E-state index contributed by atoms with van der Waals surface area (Å²) in [6.45, 7) is 2.65. The molecule has 6 heteroatoms. The Morgan fingerprint density at radius 2 is 1.81 bits per heavy atom. The Kier molecular flexibility index (Phi) is 13.8. The molecule has 0 heterocycles. The van der Waals surface area contributed by atoms with Crippen molar-refractivity contribution in [3.05, 3.63) is 35.9 Å². The van der Waals surface area contributed by atoms with E-state index in [0.717, 1.165) is 19.3 Å². The Labute approximate surface area is 139 Å². The molecule has 1 aromatic rings. The van der Waals surface area contributed by atoms with Gasteiger partial charge in [0.15, 0.2) is 0 Å². The Bertz CT molecular complexity index is 376. The first-order chi connectivity index (χ1) is 9.13. The molecule has 0 aliphatic rings. The molecule has 21 heavy (non-hydrogen) atoms. The molecule has 0 bridgehead atoms. The molecular formula is C15H27Cl2N3O. The number of benzene rings is 1. The molecule has 0 aromatic heterocycles. The van der Waals surface area contributed by atoms with Gasteiger partial charge in [0.1, 0.15) is 0 Å². The first-order valence-corrected chi connectivity index (χ1v) is 6.93. The smallest absolute Gasteiger partial charge is 0.237 e. The van der Waals surface area contributed by atoms with Gasteiger partial charge >= 0.3 is 0 Å². The summed E-state index contributed by atoms with van der Waals surface area (Å²) in [7, 11) is 0. The second-order valence-corrected chi connectivity index (χ2v) is 4.99. The van der Waals surface area contributed by atoms with Crippen LogP contribution >= 0.6 is 24.8 Å². The van der Waals surface area contributed by atoms with Crippen LogP contribution < -0.4 is 16.8 Å². The molecule has 5 N–H and O–H groups in total. The zero-order chi connectivity index (χ0) is 14.1. The molecule has 2 atom stereocenters. The molecule has 4 nitrogen and oxygen atoms in total. The van der Waals surface area contributed by atoms with E-state index < -0.39 is 6.04 Å². The van der Waals surface area contributed by atoms with Gasteiger partial charge in [-0.25, -0.2) is 0 Å². The summed E-state index contributed by atoms with van der Waals surface area (Å²) in [4.78, 5) is 11.9. The van der Waals surface area contributed by atoms with Crippen LogP contribution in [0.4, 0.5) is 0 Å². The lowest BCUT2D eigenvalue weighted by Crippen LogP contribution is -2.45. The largest absolute Gasteiger partial charge is 0.352 e. The van der Waals surface area contributed by atoms with Crippen molar-refractivity contribution in [2.45, 2.75) is 44.7 Å². The number of carbonyl (C=O) groups excluding carboxylic acids is 1. The van der Waals surface area contributed by atoms with E-state index in [0.29, 0.717) is 13.0 Å². The van der Waals surface area contributed by atoms with E-state index in [2.05, 4.69) is 17.4 Å². The summed E-state index contributed by atoms with van der Waals surface area (Å²) >= 11 is 0. The van der Waals surface area contributed by atoms with Gasteiger partial charge in [-0.3, -0.25) is 4.79 Å². The molecular weight excluding hydrogens is 309 g/mol. The van der Waals surface area contributed by atoms with Crippen molar-refractivity contribution in [2.24, 2.45) is 11.5 Å². The SMILES string of the molecule is C[C@H](Cc1ccccc1)NC(=O)[C@H](N)CCCCN.Cl.Cl. The third-order valence-electron chi connectivity index (χ3n) is 3.08. The fourth-order valence-corrected chi connectivity index (χ4v) is 2.01. The Morgan fingerprint density at radius 1 is 1.19 bits per heavy atom. The van der Waals surface area contributed by atoms with Crippen LogP contribution in [0.5, 0.6) is 0 Å². The predicted octanol–water partition coefficient (Wildman–Crippen LogP) is 2.03. The van der Waals surface area contributed by atoms with Crippen molar-refractivity contribution < 1.29 is 4.79 Å². The molecule has 0 aliphatic heterocycles. The van der Waals surface area contributed by atoms with Gasteiger partial charge in [-0.2, -0.15) is 0 Å². The lowest BCUT2D eigenvalue weighted by molar-refractivity contribution is -0.123. The highest BCUT2D eigenvalue weighted by Gasteiger charge is 2.15. The number of carbonyl (C=O) groups is 1. The summed E-state index contributed by atoms with van der Waals surface area (Å²) in [6.07, 6.45) is 3.34.